The van der Waals surface area contributed by atoms with Crippen LogP contribution in [0.3, 0.4) is 0 Å². The third-order valence-electron chi connectivity index (χ3n) is 5.66. The number of fused-ring (bicyclic) bond motifs is 3. The van der Waals surface area contributed by atoms with Crippen LogP contribution in [0.25, 0.3) is 0 Å². The summed E-state index contributed by atoms with van der Waals surface area (Å²) in [5.41, 5.74) is 1.21. The van der Waals surface area contributed by atoms with Crippen LogP contribution in [-0.2, 0) is 4.74 Å². The lowest BCUT2D eigenvalue weighted by Crippen LogP contribution is -2.58. The van der Waals surface area contributed by atoms with Crippen LogP contribution >= 0.6 is 0 Å². The van der Waals surface area contributed by atoms with E-state index in [4.69, 9.17) is 9.47 Å². The fourth-order valence-electron chi connectivity index (χ4n) is 4.37. The second kappa shape index (κ2) is 3.54. The molecule has 3 aliphatic rings. The van der Waals surface area contributed by atoms with Gasteiger partial charge in [0.1, 0.15) is 11.4 Å². The van der Waals surface area contributed by atoms with E-state index in [0.29, 0.717) is 11.8 Å². The van der Waals surface area contributed by atoms with E-state index in [1.807, 2.05) is 0 Å². The Bertz CT molecular complexity index is 522. The molecule has 1 aromatic carbocycles. The number of rotatable bonds is 0. The van der Waals surface area contributed by atoms with Crippen molar-refractivity contribution < 1.29 is 9.47 Å². The predicted molar refractivity (Wildman–Crippen MR) is 74.2 cm³/mol. The summed E-state index contributed by atoms with van der Waals surface area (Å²) in [5, 5.41) is 0. The van der Waals surface area contributed by atoms with Crippen LogP contribution in [0.1, 0.15) is 51.7 Å². The van der Waals surface area contributed by atoms with Crippen LogP contribution < -0.4 is 4.74 Å². The van der Waals surface area contributed by atoms with Gasteiger partial charge in [0, 0.05) is 11.5 Å². The molecule has 4 rings (SSSR count). The van der Waals surface area contributed by atoms with Gasteiger partial charge in [-0.2, -0.15) is 0 Å². The van der Waals surface area contributed by atoms with Crippen molar-refractivity contribution >= 4 is 0 Å². The molecule has 2 heteroatoms. The summed E-state index contributed by atoms with van der Waals surface area (Å²) in [4.78, 5) is 0. The van der Waals surface area contributed by atoms with Gasteiger partial charge >= 0.3 is 0 Å². The third kappa shape index (κ3) is 1.53. The summed E-state index contributed by atoms with van der Waals surface area (Å²) in [6.45, 7) is 6.79. The molecule has 2 nitrogen and oxygen atoms in total. The lowest BCUT2D eigenvalue weighted by molar-refractivity contribution is -0.237. The van der Waals surface area contributed by atoms with E-state index in [9.17, 15) is 0 Å². The van der Waals surface area contributed by atoms with Gasteiger partial charge in [-0.15, -0.1) is 0 Å². The van der Waals surface area contributed by atoms with Gasteiger partial charge in [-0.25, -0.2) is 0 Å². The Morgan fingerprint density at radius 1 is 1.16 bits per heavy atom. The van der Waals surface area contributed by atoms with E-state index in [-0.39, 0.29) is 17.3 Å². The van der Waals surface area contributed by atoms with Crippen LogP contribution in [0.4, 0.5) is 0 Å². The lowest BCUT2D eigenvalue weighted by Gasteiger charge is -2.58. The lowest BCUT2D eigenvalue weighted by atomic mass is 9.61. The van der Waals surface area contributed by atoms with Gasteiger partial charge in [-0.1, -0.05) is 18.2 Å². The second-order valence-electron chi connectivity index (χ2n) is 7.17. The maximum Gasteiger partial charge on any atom is 0.125 e. The zero-order valence-electron chi connectivity index (χ0n) is 12.0. The standard InChI is InChI=1S/C17H22O2/c1-16(2)11-8-9-17(3)13(10-11)15(19-16)12-6-4-5-7-14(12)18-17/h4-7,11,13,15H,8-10H2,1-3H3/t11-,13-,15-,17-/m0/s1. The van der Waals surface area contributed by atoms with Crippen LogP contribution in [0, 0.1) is 11.8 Å². The zero-order valence-corrected chi connectivity index (χ0v) is 12.0. The molecule has 0 N–H and O–H groups in total. The monoisotopic (exact) mass is 258 g/mol. The van der Waals surface area contributed by atoms with Crippen LogP contribution in [0.2, 0.25) is 0 Å². The topological polar surface area (TPSA) is 18.5 Å². The molecule has 1 saturated carbocycles. The van der Waals surface area contributed by atoms with E-state index >= 15 is 0 Å². The quantitative estimate of drug-likeness (QED) is 0.697. The summed E-state index contributed by atoms with van der Waals surface area (Å²) in [7, 11) is 0. The first-order chi connectivity index (χ1) is 9.00. The summed E-state index contributed by atoms with van der Waals surface area (Å²) in [6, 6.07) is 8.41. The fourth-order valence-corrected chi connectivity index (χ4v) is 4.37. The van der Waals surface area contributed by atoms with Gasteiger partial charge in [0.15, 0.2) is 0 Å². The third-order valence-corrected chi connectivity index (χ3v) is 5.66. The maximum atomic E-state index is 6.52. The number of benzene rings is 1. The summed E-state index contributed by atoms with van der Waals surface area (Å²) in [5.74, 6) is 2.22. The highest BCUT2D eigenvalue weighted by atomic mass is 16.5. The smallest absolute Gasteiger partial charge is 0.125 e. The second-order valence-corrected chi connectivity index (χ2v) is 7.17. The molecule has 2 heterocycles. The van der Waals surface area contributed by atoms with E-state index in [1.165, 1.54) is 18.4 Å². The van der Waals surface area contributed by atoms with Crippen molar-refractivity contribution in [2.24, 2.45) is 11.8 Å². The van der Waals surface area contributed by atoms with Crippen molar-refractivity contribution in [1.29, 1.82) is 0 Å². The van der Waals surface area contributed by atoms with Crippen molar-refractivity contribution in [2.45, 2.75) is 57.3 Å². The Hall–Kier alpha value is -1.02. The highest BCUT2D eigenvalue weighted by molar-refractivity contribution is 5.40. The molecule has 1 saturated heterocycles. The number of hydrogen-bond donors (Lipinski definition) is 0. The molecule has 0 radical (unpaired) electrons. The first-order valence-electron chi connectivity index (χ1n) is 7.45. The van der Waals surface area contributed by atoms with E-state index in [2.05, 4.69) is 45.0 Å². The fraction of sp³-hybridized carbons (Fsp3) is 0.647. The number of ether oxygens (including phenoxy) is 2. The molecule has 2 aliphatic heterocycles. The molecule has 0 spiro atoms. The normalized spacial score (nSPS) is 42.2. The molecular weight excluding hydrogens is 236 g/mol. The Labute approximate surface area is 115 Å². The van der Waals surface area contributed by atoms with Gasteiger partial charge in [0.2, 0.25) is 0 Å². The molecule has 0 aromatic heterocycles. The molecule has 0 unspecified atom stereocenters. The average molecular weight is 258 g/mol. The van der Waals surface area contributed by atoms with Gasteiger partial charge < -0.3 is 9.47 Å². The highest BCUT2D eigenvalue weighted by Crippen LogP contribution is 2.59. The van der Waals surface area contributed by atoms with Gasteiger partial charge in [-0.3, -0.25) is 0 Å². The van der Waals surface area contributed by atoms with Gasteiger partial charge in [0.05, 0.1) is 11.7 Å². The van der Waals surface area contributed by atoms with Crippen molar-refractivity contribution in [2.75, 3.05) is 0 Å². The Balaban J connectivity index is 1.86. The minimum atomic E-state index is -0.0357. The Kier molecular flexibility index (Phi) is 2.20. The van der Waals surface area contributed by atoms with Gasteiger partial charge in [-0.05, 0) is 52.0 Å². The average Bonchev–Trinajstić information content (AvgIpc) is 2.36. The van der Waals surface area contributed by atoms with Crippen LogP contribution in [0.5, 0.6) is 5.75 Å². The molecule has 4 atom stereocenters. The van der Waals surface area contributed by atoms with Crippen molar-refractivity contribution in [3.63, 3.8) is 0 Å². The molecule has 102 valence electrons. The van der Waals surface area contributed by atoms with Crippen molar-refractivity contribution in [1.82, 2.24) is 0 Å². The molecular formula is C17H22O2. The predicted octanol–water partition coefficient (Wildman–Crippen LogP) is 4.10. The molecule has 1 aromatic rings. The maximum absolute atomic E-state index is 6.52. The Morgan fingerprint density at radius 3 is 2.79 bits per heavy atom. The molecule has 2 bridgehead atoms. The first-order valence-corrected chi connectivity index (χ1v) is 7.45. The van der Waals surface area contributed by atoms with Crippen molar-refractivity contribution in [3.05, 3.63) is 29.8 Å². The summed E-state index contributed by atoms with van der Waals surface area (Å²) in [6.07, 6.45) is 3.82. The van der Waals surface area contributed by atoms with Crippen LogP contribution in [-0.4, -0.2) is 11.2 Å². The van der Waals surface area contributed by atoms with E-state index in [0.717, 1.165) is 12.2 Å². The zero-order chi connectivity index (χ0) is 13.3. The minimum absolute atomic E-state index is 0.00700. The summed E-state index contributed by atoms with van der Waals surface area (Å²) < 4.78 is 12.9. The molecule has 2 fully saturated rings. The molecule has 19 heavy (non-hydrogen) atoms. The van der Waals surface area contributed by atoms with Gasteiger partial charge in [0.25, 0.3) is 0 Å². The molecule has 1 aliphatic carbocycles. The number of para-hydroxylation sites is 1. The minimum Gasteiger partial charge on any atom is -0.487 e. The van der Waals surface area contributed by atoms with Crippen molar-refractivity contribution in [3.8, 4) is 5.75 Å². The Morgan fingerprint density at radius 2 is 1.95 bits per heavy atom. The largest absolute Gasteiger partial charge is 0.487 e. The van der Waals surface area contributed by atoms with E-state index in [1.54, 1.807) is 0 Å². The van der Waals surface area contributed by atoms with Crippen LogP contribution in [0.15, 0.2) is 24.3 Å². The first kappa shape index (κ1) is 11.8. The highest BCUT2D eigenvalue weighted by Gasteiger charge is 2.57. The molecule has 0 amide bonds. The van der Waals surface area contributed by atoms with E-state index < -0.39 is 0 Å². The number of hydrogen-bond acceptors (Lipinski definition) is 2. The summed E-state index contributed by atoms with van der Waals surface area (Å²) >= 11 is 0. The SMILES string of the molecule is CC1(C)O[C@H]2c3ccccc3O[C@@]3(C)CC[C@H]1C[C@@H]23.